The Morgan fingerprint density at radius 2 is 1.93 bits per heavy atom. The van der Waals surface area contributed by atoms with Crippen molar-refractivity contribution in [3.63, 3.8) is 0 Å². The van der Waals surface area contributed by atoms with E-state index in [4.69, 9.17) is 19.3 Å². The quantitative estimate of drug-likeness (QED) is 0.648. The Balaban J connectivity index is 2.50. The number of esters is 2. The van der Waals surface area contributed by atoms with Crippen LogP contribution in [0.5, 0.6) is 0 Å². The molecule has 1 aliphatic heterocycles. The summed E-state index contributed by atoms with van der Waals surface area (Å²) in [6, 6.07) is 0. The van der Waals surface area contributed by atoms with E-state index < -0.39 is 30.4 Å². The van der Waals surface area contributed by atoms with Gasteiger partial charge in [0.15, 0.2) is 0 Å². The first kappa shape index (κ1) is 11.9. The minimum atomic E-state index is -0.746. The van der Waals surface area contributed by atoms with Crippen LogP contribution in [0.1, 0.15) is 20.3 Å². The van der Waals surface area contributed by atoms with Gasteiger partial charge < -0.3 is 19.3 Å². The maximum atomic E-state index is 10.7. The SMILES string of the molecule is CC(=O)OC1C[C@H](OC(C)=O)[C@@H](CO)O1. The second kappa shape index (κ2) is 5.09. The van der Waals surface area contributed by atoms with Gasteiger partial charge in [-0.1, -0.05) is 0 Å². The van der Waals surface area contributed by atoms with E-state index >= 15 is 0 Å². The van der Waals surface area contributed by atoms with Gasteiger partial charge in [-0.05, 0) is 0 Å². The van der Waals surface area contributed by atoms with Gasteiger partial charge in [-0.15, -0.1) is 0 Å². The molecule has 1 aliphatic rings. The van der Waals surface area contributed by atoms with Gasteiger partial charge in [-0.3, -0.25) is 9.59 Å². The Kier molecular flexibility index (Phi) is 4.05. The predicted octanol–water partition coefficient (Wildman–Crippen LogP) is -0.411. The van der Waals surface area contributed by atoms with Gasteiger partial charge in [0.1, 0.15) is 12.2 Å². The maximum Gasteiger partial charge on any atom is 0.304 e. The summed E-state index contributed by atoms with van der Waals surface area (Å²) in [6.07, 6.45) is -1.68. The smallest absolute Gasteiger partial charge is 0.304 e. The van der Waals surface area contributed by atoms with Crippen LogP contribution in [-0.2, 0) is 23.8 Å². The van der Waals surface area contributed by atoms with Crippen LogP contribution in [0.4, 0.5) is 0 Å². The van der Waals surface area contributed by atoms with Crippen molar-refractivity contribution in [2.24, 2.45) is 0 Å². The molecule has 1 unspecified atom stereocenters. The third kappa shape index (κ3) is 3.49. The molecule has 0 aromatic rings. The van der Waals surface area contributed by atoms with E-state index in [2.05, 4.69) is 0 Å². The zero-order chi connectivity index (χ0) is 11.4. The van der Waals surface area contributed by atoms with Crippen molar-refractivity contribution in [1.82, 2.24) is 0 Å². The highest BCUT2D eigenvalue weighted by Gasteiger charge is 2.38. The highest BCUT2D eigenvalue weighted by atomic mass is 16.7. The first-order valence-corrected chi connectivity index (χ1v) is 4.63. The van der Waals surface area contributed by atoms with Gasteiger partial charge >= 0.3 is 11.9 Å². The fourth-order valence-electron chi connectivity index (χ4n) is 1.44. The summed E-state index contributed by atoms with van der Waals surface area (Å²) in [5.41, 5.74) is 0. The highest BCUT2D eigenvalue weighted by molar-refractivity contribution is 5.66. The van der Waals surface area contributed by atoms with Crippen LogP contribution < -0.4 is 0 Å². The van der Waals surface area contributed by atoms with Crippen LogP contribution in [0.3, 0.4) is 0 Å². The van der Waals surface area contributed by atoms with Gasteiger partial charge in [0.05, 0.1) is 13.0 Å². The fourth-order valence-corrected chi connectivity index (χ4v) is 1.44. The van der Waals surface area contributed by atoms with Gasteiger partial charge in [0.25, 0.3) is 0 Å². The molecule has 0 amide bonds. The number of hydrogen-bond donors (Lipinski definition) is 1. The molecular formula is C9H14O6. The van der Waals surface area contributed by atoms with Gasteiger partial charge in [0.2, 0.25) is 6.29 Å². The van der Waals surface area contributed by atoms with Crippen LogP contribution in [0.15, 0.2) is 0 Å². The molecular weight excluding hydrogens is 204 g/mol. The van der Waals surface area contributed by atoms with Crippen molar-refractivity contribution in [3.05, 3.63) is 0 Å². The van der Waals surface area contributed by atoms with Gasteiger partial charge in [-0.25, -0.2) is 0 Å². The topological polar surface area (TPSA) is 82.1 Å². The molecule has 1 fully saturated rings. The van der Waals surface area contributed by atoms with Crippen molar-refractivity contribution in [2.75, 3.05) is 6.61 Å². The zero-order valence-corrected chi connectivity index (χ0v) is 8.63. The van der Waals surface area contributed by atoms with E-state index in [9.17, 15) is 9.59 Å². The van der Waals surface area contributed by atoms with E-state index in [1.807, 2.05) is 0 Å². The van der Waals surface area contributed by atoms with E-state index in [1.165, 1.54) is 13.8 Å². The first-order chi connectivity index (χ1) is 7.02. The lowest BCUT2D eigenvalue weighted by Gasteiger charge is -2.14. The first-order valence-electron chi connectivity index (χ1n) is 4.63. The van der Waals surface area contributed by atoms with Crippen LogP contribution in [0, 0.1) is 0 Å². The summed E-state index contributed by atoms with van der Waals surface area (Å²) in [4.78, 5) is 21.4. The molecule has 1 rings (SSSR count). The lowest BCUT2D eigenvalue weighted by molar-refractivity contribution is -0.176. The van der Waals surface area contributed by atoms with Gasteiger partial charge in [0, 0.05) is 13.8 Å². The fraction of sp³-hybridized carbons (Fsp3) is 0.778. The van der Waals surface area contributed by atoms with E-state index in [0.29, 0.717) is 0 Å². The monoisotopic (exact) mass is 218 g/mol. The standard InChI is InChI=1S/C9H14O6/c1-5(11)13-7-3-9(14-6(2)12)15-8(7)4-10/h7-10H,3-4H2,1-2H3/t7-,8+,9?/m0/s1. The van der Waals surface area contributed by atoms with Crippen molar-refractivity contribution < 1.29 is 28.9 Å². The highest BCUT2D eigenvalue weighted by Crippen LogP contribution is 2.24. The Bertz CT molecular complexity index is 251. The van der Waals surface area contributed by atoms with Crippen molar-refractivity contribution in [1.29, 1.82) is 0 Å². The summed E-state index contributed by atoms with van der Waals surface area (Å²) >= 11 is 0. The third-order valence-electron chi connectivity index (χ3n) is 1.96. The molecule has 1 saturated heterocycles. The van der Waals surface area contributed by atoms with Crippen molar-refractivity contribution >= 4 is 11.9 Å². The number of hydrogen-bond acceptors (Lipinski definition) is 6. The minimum Gasteiger partial charge on any atom is -0.459 e. The second-order valence-corrected chi connectivity index (χ2v) is 3.28. The Morgan fingerprint density at radius 3 is 2.40 bits per heavy atom. The molecule has 15 heavy (non-hydrogen) atoms. The molecule has 0 saturated carbocycles. The van der Waals surface area contributed by atoms with Crippen LogP contribution in [-0.4, -0.2) is 42.1 Å². The Morgan fingerprint density at radius 1 is 1.33 bits per heavy atom. The van der Waals surface area contributed by atoms with Crippen LogP contribution >= 0.6 is 0 Å². The third-order valence-corrected chi connectivity index (χ3v) is 1.96. The number of ether oxygens (including phenoxy) is 3. The molecule has 86 valence electrons. The van der Waals surface area contributed by atoms with E-state index in [-0.39, 0.29) is 13.0 Å². The number of rotatable bonds is 3. The van der Waals surface area contributed by atoms with E-state index in [1.54, 1.807) is 0 Å². The Hall–Kier alpha value is -1.14. The molecule has 6 heteroatoms. The average Bonchev–Trinajstić information content (AvgIpc) is 2.45. The van der Waals surface area contributed by atoms with Crippen molar-refractivity contribution in [2.45, 2.75) is 38.8 Å². The molecule has 1 N–H and O–H groups in total. The molecule has 0 aromatic heterocycles. The molecule has 1 heterocycles. The summed E-state index contributed by atoms with van der Waals surface area (Å²) in [7, 11) is 0. The second-order valence-electron chi connectivity index (χ2n) is 3.28. The molecule has 0 aliphatic carbocycles. The summed E-state index contributed by atoms with van der Waals surface area (Å²) in [5, 5.41) is 8.94. The minimum absolute atomic E-state index is 0.254. The molecule has 6 nitrogen and oxygen atoms in total. The maximum absolute atomic E-state index is 10.7. The normalized spacial score (nSPS) is 29.9. The number of aliphatic hydroxyl groups is 1. The zero-order valence-electron chi connectivity index (χ0n) is 8.63. The predicted molar refractivity (Wildman–Crippen MR) is 47.7 cm³/mol. The van der Waals surface area contributed by atoms with E-state index in [0.717, 1.165) is 0 Å². The lowest BCUT2D eigenvalue weighted by atomic mass is 10.2. The molecule has 0 spiro atoms. The van der Waals surface area contributed by atoms with Crippen LogP contribution in [0.2, 0.25) is 0 Å². The summed E-state index contributed by atoms with van der Waals surface area (Å²) < 4.78 is 14.9. The lowest BCUT2D eigenvalue weighted by Crippen LogP contribution is -2.29. The molecule has 0 radical (unpaired) electrons. The Labute approximate surface area is 87.1 Å². The number of carbonyl (C=O) groups excluding carboxylic acids is 2. The number of aliphatic hydroxyl groups excluding tert-OH is 1. The van der Waals surface area contributed by atoms with Crippen molar-refractivity contribution in [3.8, 4) is 0 Å². The summed E-state index contributed by atoms with van der Waals surface area (Å²) in [6.45, 7) is 2.25. The molecule has 3 atom stereocenters. The number of carbonyl (C=O) groups is 2. The summed E-state index contributed by atoms with van der Waals surface area (Å²) in [5.74, 6) is -0.925. The molecule has 0 aromatic carbocycles. The molecule has 0 bridgehead atoms. The average molecular weight is 218 g/mol. The van der Waals surface area contributed by atoms with Crippen LogP contribution in [0.25, 0.3) is 0 Å². The van der Waals surface area contributed by atoms with Gasteiger partial charge in [-0.2, -0.15) is 0 Å². The largest absolute Gasteiger partial charge is 0.459 e.